The lowest BCUT2D eigenvalue weighted by Crippen LogP contribution is -2.29. The smallest absolute Gasteiger partial charge is 0.349 e. The molecule has 2 aliphatic rings. The summed E-state index contributed by atoms with van der Waals surface area (Å²) in [6.45, 7) is 4.45. The van der Waals surface area contributed by atoms with Crippen LogP contribution < -0.4 is 16.0 Å². The van der Waals surface area contributed by atoms with E-state index in [2.05, 4.69) is 15.0 Å². The fourth-order valence-electron chi connectivity index (χ4n) is 3.12. The number of rotatable bonds is 3. The minimum Gasteiger partial charge on any atom is -0.497 e. The number of aromatic nitrogens is 4. The van der Waals surface area contributed by atoms with Gasteiger partial charge in [0, 0.05) is 6.54 Å². The van der Waals surface area contributed by atoms with Crippen molar-refractivity contribution in [2.45, 2.75) is 20.4 Å². The van der Waals surface area contributed by atoms with Gasteiger partial charge in [-0.25, -0.2) is 9.78 Å². The Balaban J connectivity index is 2.02. The first-order valence-electron chi connectivity index (χ1n) is 8.51. The molecule has 0 radical (unpaired) electrons. The highest BCUT2D eigenvalue weighted by molar-refractivity contribution is 5.81. The first-order chi connectivity index (χ1) is 13.0. The summed E-state index contributed by atoms with van der Waals surface area (Å²) in [6, 6.07) is 11.6. The lowest BCUT2D eigenvalue weighted by atomic mass is 10.1. The van der Waals surface area contributed by atoms with E-state index < -0.39 is 11.2 Å². The molecule has 0 unspecified atom stereocenters. The zero-order valence-electron chi connectivity index (χ0n) is 15.2. The van der Waals surface area contributed by atoms with E-state index >= 15 is 0 Å². The number of nitrogens with one attached hydrogen (secondary N) is 1. The van der Waals surface area contributed by atoms with Crippen LogP contribution in [0.25, 0.3) is 22.6 Å². The lowest BCUT2D eigenvalue weighted by Gasteiger charge is -2.18. The average Bonchev–Trinajstić information content (AvgIpc) is 2.64. The maximum atomic E-state index is 12.3. The molecule has 0 aromatic heterocycles. The standard InChI is InChI=1S/C20H18N4O3/c1-11-8-15-16(9-12(11)2)24(10-13-4-6-14(27-3)7-5-13)18-17(21-15)19(25)23-20(26)22-18/h4-9H,10H2,1-3H3,(H,23,25,26). The van der Waals surface area contributed by atoms with Gasteiger partial charge in [-0.15, -0.1) is 0 Å². The van der Waals surface area contributed by atoms with E-state index in [9.17, 15) is 9.59 Å². The molecule has 27 heavy (non-hydrogen) atoms. The SMILES string of the molecule is COc1ccc(Cn2c3nc(=O)[nH]c(=O)c-3nc3cc(C)c(C)cc32)cc1. The van der Waals surface area contributed by atoms with Crippen molar-refractivity contribution in [3.8, 4) is 17.3 Å². The highest BCUT2D eigenvalue weighted by atomic mass is 16.5. The fraction of sp³-hybridized carbons (Fsp3) is 0.200. The third-order valence-electron chi connectivity index (χ3n) is 4.72. The van der Waals surface area contributed by atoms with Gasteiger partial charge in [0.2, 0.25) is 0 Å². The van der Waals surface area contributed by atoms with E-state index in [1.165, 1.54) is 0 Å². The third kappa shape index (κ3) is 2.97. The Morgan fingerprint density at radius 3 is 2.44 bits per heavy atom. The summed E-state index contributed by atoms with van der Waals surface area (Å²) in [5, 5.41) is 0. The summed E-state index contributed by atoms with van der Waals surface area (Å²) in [5.41, 5.74) is 3.61. The molecule has 0 saturated carbocycles. The quantitative estimate of drug-likeness (QED) is 0.565. The molecular formula is C20H18N4O3. The number of fused-ring (bicyclic) bond motifs is 2. The van der Waals surface area contributed by atoms with Crippen LogP contribution in [0.4, 0.5) is 0 Å². The van der Waals surface area contributed by atoms with Crippen LogP contribution in [-0.2, 0) is 6.54 Å². The van der Waals surface area contributed by atoms with Gasteiger partial charge in [0.15, 0.2) is 11.5 Å². The molecule has 0 saturated heterocycles. The molecule has 1 N–H and O–H groups in total. The van der Waals surface area contributed by atoms with Gasteiger partial charge in [-0.05, 0) is 54.8 Å². The molecule has 0 amide bonds. The molecule has 0 fully saturated rings. The van der Waals surface area contributed by atoms with Crippen molar-refractivity contribution >= 4 is 11.0 Å². The Labute approximate surface area is 154 Å². The van der Waals surface area contributed by atoms with Gasteiger partial charge in [-0.3, -0.25) is 9.78 Å². The molecule has 4 rings (SSSR count). The normalized spacial score (nSPS) is 11.2. The van der Waals surface area contributed by atoms with Crippen molar-refractivity contribution in [2.75, 3.05) is 7.11 Å². The Morgan fingerprint density at radius 2 is 1.74 bits per heavy atom. The van der Waals surface area contributed by atoms with Crippen molar-refractivity contribution in [1.82, 2.24) is 19.5 Å². The van der Waals surface area contributed by atoms with E-state index in [1.807, 2.05) is 54.8 Å². The molecule has 2 aromatic rings. The molecule has 7 nitrogen and oxygen atoms in total. The van der Waals surface area contributed by atoms with E-state index in [-0.39, 0.29) is 11.5 Å². The number of aryl methyl sites for hydroxylation is 2. The molecule has 7 heteroatoms. The predicted molar refractivity (Wildman–Crippen MR) is 103 cm³/mol. The maximum absolute atomic E-state index is 12.3. The molecule has 0 spiro atoms. The van der Waals surface area contributed by atoms with Crippen LogP contribution in [0.3, 0.4) is 0 Å². The van der Waals surface area contributed by atoms with Crippen molar-refractivity contribution < 1.29 is 4.74 Å². The zero-order chi connectivity index (χ0) is 19.1. The van der Waals surface area contributed by atoms with Gasteiger partial charge < -0.3 is 9.30 Å². The fourth-order valence-corrected chi connectivity index (χ4v) is 3.12. The molecule has 0 atom stereocenters. The van der Waals surface area contributed by atoms with Gasteiger partial charge in [0.1, 0.15) is 5.75 Å². The number of hydrogen-bond acceptors (Lipinski definition) is 5. The Bertz CT molecular complexity index is 1240. The molecule has 2 aromatic carbocycles. The van der Waals surface area contributed by atoms with Gasteiger partial charge in [-0.2, -0.15) is 4.98 Å². The predicted octanol–water partition coefficient (Wildman–Crippen LogP) is 2.26. The van der Waals surface area contributed by atoms with E-state index in [0.29, 0.717) is 12.1 Å². The van der Waals surface area contributed by atoms with Crippen LogP contribution in [0.15, 0.2) is 46.0 Å². The summed E-state index contributed by atoms with van der Waals surface area (Å²) in [4.78, 5) is 34.8. The third-order valence-corrected chi connectivity index (χ3v) is 4.72. The number of nitrogens with zero attached hydrogens (tertiary/aromatic N) is 3. The van der Waals surface area contributed by atoms with Crippen LogP contribution in [0.2, 0.25) is 0 Å². The van der Waals surface area contributed by atoms with Crippen molar-refractivity contribution in [1.29, 1.82) is 0 Å². The molecule has 2 aliphatic heterocycles. The number of hydrogen-bond donors (Lipinski definition) is 1. The number of methoxy groups -OCH3 is 1. The molecule has 136 valence electrons. The molecule has 0 aliphatic carbocycles. The van der Waals surface area contributed by atoms with Gasteiger partial charge in [-0.1, -0.05) is 12.1 Å². The van der Waals surface area contributed by atoms with Crippen LogP contribution in [-0.4, -0.2) is 26.6 Å². The number of H-pyrrole nitrogens is 1. The minimum absolute atomic E-state index is 0.152. The average molecular weight is 362 g/mol. The first kappa shape index (κ1) is 17.0. The van der Waals surface area contributed by atoms with Crippen LogP contribution >= 0.6 is 0 Å². The second kappa shape index (κ2) is 6.35. The molecular weight excluding hydrogens is 344 g/mol. The molecule has 0 bridgehead atoms. The minimum atomic E-state index is -0.680. The summed E-state index contributed by atoms with van der Waals surface area (Å²) in [7, 11) is 1.62. The monoisotopic (exact) mass is 362 g/mol. The summed E-state index contributed by atoms with van der Waals surface area (Å²) in [5.74, 6) is 1.03. The number of ether oxygens (including phenoxy) is 1. The Morgan fingerprint density at radius 1 is 1.04 bits per heavy atom. The Hall–Kier alpha value is -3.48. The van der Waals surface area contributed by atoms with E-state index in [1.54, 1.807) is 7.11 Å². The van der Waals surface area contributed by atoms with Gasteiger partial charge in [0.05, 0.1) is 18.1 Å². The second-order valence-corrected chi connectivity index (χ2v) is 6.51. The van der Waals surface area contributed by atoms with Crippen molar-refractivity contribution in [2.24, 2.45) is 0 Å². The number of aromatic amines is 1. The van der Waals surface area contributed by atoms with Crippen molar-refractivity contribution in [3.05, 3.63) is 73.9 Å². The second-order valence-electron chi connectivity index (χ2n) is 6.51. The topological polar surface area (TPSA) is 89.9 Å². The lowest BCUT2D eigenvalue weighted by molar-refractivity contribution is 0.414. The van der Waals surface area contributed by atoms with Crippen LogP contribution in [0.1, 0.15) is 16.7 Å². The zero-order valence-corrected chi connectivity index (χ0v) is 15.2. The van der Waals surface area contributed by atoms with Gasteiger partial charge >= 0.3 is 5.69 Å². The van der Waals surface area contributed by atoms with E-state index in [0.717, 1.165) is 28.0 Å². The summed E-state index contributed by atoms with van der Waals surface area (Å²) in [6.07, 6.45) is 0. The largest absolute Gasteiger partial charge is 0.497 e. The molecule has 2 heterocycles. The number of benzene rings is 2. The van der Waals surface area contributed by atoms with Gasteiger partial charge in [0.25, 0.3) is 5.56 Å². The first-order valence-corrected chi connectivity index (χ1v) is 8.51. The maximum Gasteiger partial charge on any atom is 0.349 e. The van der Waals surface area contributed by atoms with E-state index in [4.69, 9.17) is 4.74 Å². The van der Waals surface area contributed by atoms with Crippen molar-refractivity contribution in [3.63, 3.8) is 0 Å². The highest BCUT2D eigenvalue weighted by Crippen LogP contribution is 2.25. The van der Waals surface area contributed by atoms with Crippen LogP contribution in [0, 0.1) is 13.8 Å². The summed E-state index contributed by atoms with van der Waals surface area (Å²) >= 11 is 0. The highest BCUT2D eigenvalue weighted by Gasteiger charge is 2.19. The summed E-state index contributed by atoms with van der Waals surface area (Å²) < 4.78 is 7.07. The Kier molecular flexibility index (Phi) is 3.99. The van der Waals surface area contributed by atoms with Crippen LogP contribution in [0.5, 0.6) is 5.75 Å².